The van der Waals surface area contributed by atoms with Gasteiger partial charge in [-0.2, -0.15) is 0 Å². The van der Waals surface area contributed by atoms with E-state index in [1.165, 1.54) is 12.8 Å². The number of rotatable bonds is 6. The average Bonchev–Trinajstić information content (AvgIpc) is 2.35. The van der Waals surface area contributed by atoms with E-state index < -0.39 is 0 Å². The third kappa shape index (κ3) is 7.41. The van der Waals surface area contributed by atoms with Gasteiger partial charge in [0, 0.05) is 13.1 Å². The van der Waals surface area contributed by atoms with Crippen LogP contribution in [0.1, 0.15) is 33.1 Å². The van der Waals surface area contributed by atoms with E-state index in [1.54, 1.807) is 0 Å². The van der Waals surface area contributed by atoms with Crippen molar-refractivity contribution >= 4 is 30.7 Å². The predicted octanol–water partition coefficient (Wildman–Crippen LogP) is 1.43. The Balaban J connectivity index is 0. The van der Waals surface area contributed by atoms with Gasteiger partial charge in [-0.25, -0.2) is 0 Å². The molecule has 0 aromatic carbocycles. The highest BCUT2D eigenvalue weighted by molar-refractivity contribution is 5.85. The van der Waals surface area contributed by atoms with E-state index in [9.17, 15) is 4.79 Å². The van der Waals surface area contributed by atoms with E-state index in [0.717, 1.165) is 39.1 Å². The highest BCUT2D eigenvalue weighted by Gasteiger charge is 2.19. The summed E-state index contributed by atoms with van der Waals surface area (Å²) < 4.78 is 0. The van der Waals surface area contributed by atoms with Crippen LogP contribution in [0, 0.1) is 0 Å². The Morgan fingerprint density at radius 3 is 2.44 bits per heavy atom. The normalized spacial score (nSPS) is 18.7. The maximum absolute atomic E-state index is 11.8. The summed E-state index contributed by atoms with van der Waals surface area (Å²) in [4.78, 5) is 14.1. The van der Waals surface area contributed by atoms with Crippen molar-refractivity contribution in [1.82, 2.24) is 15.5 Å². The summed E-state index contributed by atoms with van der Waals surface area (Å²) in [5.74, 6) is 0.173. The number of carbonyl (C=O) groups excluding carboxylic acids is 1. The molecule has 0 aliphatic carbocycles. The van der Waals surface area contributed by atoms with Crippen LogP contribution in [0.3, 0.4) is 0 Å². The number of likely N-dealkylation sites (N-methyl/N-ethyl adjacent to an activating group) is 1. The molecule has 0 aromatic heterocycles. The quantitative estimate of drug-likeness (QED) is 0.780. The molecule has 0 bridgehead atoms. The lowest BCUT2D eigenvalue weighted by Gasteiger charge is -2.23. The molecule has 4 nitrogen and oxygen atoms in total. The number of nitrogens with one attached hydrogen (secondary N) is 2. The Bertz CT molecular complexity index is 207. The van der Waals surface area contributed by atoms with E-state index in [2.05, 4.69) is 29.4 Å². The van der Waals surface area contributed by atoms with E-state index in [-0.39, 0.29) is 36.8 Å². The molecule has 0 spiro atoms. The molecule has 1 heterocycles. The van der Waals surface area contributed by atoms with Gasteiger partial charge in [-0.3, -0.25) is 4.79 Å². The number of amides is 1. The van der Waals surface area contributed by atoms with Crippen LogP contribution in [0.2, 0.25) is 0 Å². The lowest BCUT2D eigenvalue weighted by atomic mass is 10.0. The summed E-state index contributed by atoms with van der Waals surface area (Å²) in [5.41, 5.74) is 0. The van der Waals surface area contributed by atoms with Crippen LogP contribution in [0.25, 0.3) is 0 Å². The minimum Gasteiger partial charge on any atom is -0.353 e. The molecule has 1 rings (SSSR count). The molecule has 1 aliphatic heterocycles. The largest absolute Gasteiger partial charge is 0.353 e. The van der Waals surface area contributed by atoms with Crippen molar-refractivity contribution in [1.29, 1.82) is 0 Å². The van der Waals surface area contributed by atoms with E-state index in [1.807, 2.05) is 0 Å². The Labute approximate surface area is 123 Å². The Kier molecular flexibility index (Phi) is 13.6. The molecule has 0 saturated carbocycles. The van der Waals surface area contributed by atoms with Crippen molar-refractivity contribution in [3.8, 4) is 0 Å². The fourth-order valence-electron chi connectivity index (χ4n) is 2.08. The van der Waals surface area contributed by atoms with Gasteiger partial charge >= 0.3 is 0 Å². The van der Waals surface area contributed by atoms with Gasteiger partial charge in [0.2, 0.25) is 5.91 Å². The van der Waals surface area contributed by atoms with E-state index in [0.29, 0.717) is 0 Å². The molecule has 1 saturated heterocycles. The average molecular weight is 300 g/mol. The predicted molar refractivity (Wildman–Crippen MR) is 80.9 cm³/mol. The number of hydrogen-bond acceptors (Lipinski definition) is 3. The smallest absolute Gasteiger partial charge is 0.237 e. The molecule has 6 heteroatoms. The first-order valence-electron chi connectivity index (χ1n) is 6.51. The van der Waals surface area contributed by atoms with E-state index in [4.69, 9.17) is 0 Å². The lowest BCUT2D eigenvalue weighted by molar-refractivity contribution is -0.123. The summed E-state index contributed by atoms with van der Waals surface area (Å²) in [6.45, 7) is 9.09. The van der Waals surface area contributed by atoms with Gasteiger partial charge in [0.1, 0.15) is 0 Å². The summed E-state index contributed by atoms with van der Waals surface area (Å²) >= 11 is 0. The Hall–Kier alpha value is -0.0300. The molecule has 0 radical (unpaired) electrons. The zero-order valence-electron chi connectivity index (χ0n) is 11.4. The van der Waals surface area contributed by atoms with Crippen LogP contribution >= 0.6 is 24.8 Å². The zero-order valence-corrected chi connectivity index (χ0v) is 13.0. The van der Waals surface area contributed by atoms with Crippen molar-refractivity contribution in [2.24, 2.45) is 0 Å². The number of piperidine rings is 1. The second kappa shape index (κ2) is 12.0. The highest BCUT2D eigenvalue weighted by Crippen LogP contribution is 2.06. The van der Waals surface area contributed by atoms with Crippen molar-refractivity contribution in [3.63, 3.8) is 0 Å². The molecule has 1 aliphatic rings. The molecule has 1 atom stereocenters. The van der Waals surface area contributed by atoms with Gasteiger partial charge in [-0.1, -0.05) is 20.3 Å². The van der Waals surface area contributed by atoms with Crippen LogP contribution in [0.4, 0.5) is 0 Å². The maximum Gasteiger partial charge on any atom is 0.237 e. The molecular formula is C12H27Cl2N3O. The summed E-state index contributed by atoms with van der Waals surface area (Å²) in [7, 11) is 0. The SMILES string of the molecule is CCN(CC)CCNC(=O)[C@@H]1CCCCN1.Cl.Cl. The van der Waals surface area contributed by atoms with Crippen LogP contribution in [0.5, 0.6) is 0 Å². The van der Waals surface area contributed by atoms with Crippen LogP contribution in [-0.4, -0.2) is 49.6 Å². The molecule has 0 unspecified atom stereocenters. The van der Waals surface area contributed by atoms with Crippen molar-refractivity contribution in [2.45, 2.75) is 39.2 Å². The van der Waals surface area contributed by atoms with Gasteiger partial charge in [0.15, 0.2) is 0 Å². The maximum atomic E-state index is 11.8. The third-order valence-electron chi connectivity index (χ3n) is 3.25. The molecule has 0 aromatic rings. The molecule has 1 amide bonds. The lowest BCUT2D eigenvalue weighted by Crippen LogP contribution is -2.48. The second-order valence-corrected chi connectivity index (χ2v) is 4.32. The number of halogens is 2. The zero-order chi connectivity index (χ0) is 11.8. The Morgan fingerprint density at radius 1 is 1.28 bits per heavy atom. The summed E-state index contributed by atoms with van der Waals surface area (Å²) in [6.07, 6.45) is 3.35. The van der Waals surface area contributed by atoms with Gasteiger partial charge in [0.05, 0.1) is 6.04 Å². The van der Waals surface area contributed by atoms with Crippen molar-refractivity contribution in [2.75, 3.05) is 32.7 Å². The molecule has 2 N–H and O–H groups in total. The summed E-state index contributed by atoms with van der Waals surface area (Å²) in [6, 6.07) is 0.0467. The first-order valence-corrected chi connectivity index (χ1v) is 6.51. The van der Waals surface area contributed by atoms with E-state index >= 15 is 0 Å². The van der Waals surface area contributed by atoms with Crippen LogP contribution < -0.4 is 10.6 Å². The van der Waals surface area contributed by atoms with Gasteiger partial charge < -0.3 is 15.5 Å². The standard InChI is InChI=1S/C12H25N3O.2ClH/c1-3-15(4-2)10-9-14-12(16)11-7-5-6-8-13-11;;/h11,13H,3-10H2,1-2H3,(H,14,16);2*1H/t11-;;/m0../s1. The first kappa shape index (κ1) is 20.3. The fourth-order valence-corrected chi connectivity index (χ4v) is 2.08. The van der Waals surface area contributed by atoms with Crippen LogP contribution in [0.15, 0.2) is 0 Å². The monoisotopic (exact) mass is 299 g/mol. The molecule has 1 fully saturated rings. The number of hydrogen-bond donors (Lipinski definition) is 2. The topological polar surface area (TPSA) is 44.4 Å². The fraction of sp³-hybridized carbons (Fsp3) is 0.917. The van der Waals surface area contributed by atoms with Crippen molar-refractivity contribution in [3.05, 3.63) is 0 Å². The minimum atomic E-state index is 0. The van der Waals surface area contributed by atoms with Crippen molar-refractivity contribution < 1.29 is 4.79 Å². The third-order valence-corrected chi connectivity index (χ3v) is 3.25. The number of carbonyl (C=O) groups is 1. The number of nitrogens with zero attached hydrogens (tertiary/aromatic N) is 1. The molecule has 110 valence electrons. The molecular weight excluding hydrogens is 273 g/mol. The Morgan fingerprint density at radius 2 is 1.94 bits per heavy atom. The second-order valence-electron chi connectivity index (χ2n) is 4.32. The minimum absolute atomic E-state index is 0. The van der Waals surface area contributed by atoms with Crippen LogP contribution in [-0.2, 0) is 4.79 Å². The van der Waals surface area contributed by atoms with Gasteiger partial charge in [0.25, 0.3) is 0 Å². The van der Waals surface area contributed by atoms with Gasteiger partial charge in [-0.05, 0) is 32.5 Å². The molecule has 18 heavy (non-hydrogen) atoms. The first-order chi connectivity index (χ1) is 7.77. The summed E-state index contributed by atoms with van der Waals surface area (Å²) in [5, 5.41) is 6.27. The highest BCUT2D eigenvalue weighted by atomic mass is 35.5. The van der Waals surface area contributed by atoms with Gasteiger partial charge in [-0.15, -0.1) is 24.8 Å².